The maximum absolute atomic E-state index is 13.3. The summed E-state index contributed by atoms with van der Waals surface area (Å²) in [7, 11) is 4.04. The number of hydrogen-bond acceptors (Lipinski definition) is 3. The number of carbonyl (C=O) groups excluding carboxylic acids is 2. The maximum atomic E-state index is 13.3. The van der Waals surface area contributed by atoms with Crippen molar-refractivity contribution < 1.29 is 9.59 Å². The Morgan fingerprint density at radius 1 is 1.03 bits per heavy atom. The first-order valence-electron chi connectivity index (χ1n) is 10.9. The van der Waals surface area contributed by atoms with E-state index < -0.39 is 6.04 Å². The fourth-order valence-electron chi connectivity index (χ4n) is 4.08. The lowest BCUT2D eigenvalue weighted by Gasteiger charge is -2.34. The van der Waals surface area contributed by atoms with Crippen LogP contribution in [0.15, 0.2) is 54.6 Å². The number of nitrogens with one attached hydrogen (secondary N) is 1. The first-order valence-corrected chi connectivity index (χ1v) is 10.9. The molecule has 5 nitrogen and oxygen atoms in total. The molecule has 0 radical (unpaired) electrons. The lowest BCUT2D eigenvalue weighted by atomic mass is 9.99. The van der Waals surface area contributed by atoms with Crippen molar-refractivity contribution in [3.8, 4) is 0 Å². The highest BCUT2D eigenvalue weighted by molar-refractivity contribution is 5.89. The molecular formula is C25H33N3O2. The molecule has 2 unspecified atom stereocenters. The fraction of sp³-hybridized carbons (Fsp3) is 0.440. The number of nitrogens with zero attached hydrogens (tertiary/aromatic N) is 2. The third-order valence-electron chi connectivity index (χ3n) is 5.90. The van der Waals surface area contributed by atoms with Crippen LogP contribution in [0.2, 0.25) is 0 Å². The van der Waals surface area contributed by atoms with Gasteiger partial charge in [-0.3, -0.25) is 9.59 Å². The van der Waals surface area contributed by atoms with Gasteiger partial charge >= 0.3 is 0 Å². The van der Waals surface area contributed by atoms with Crippen molar-refractivity contribution >= 4 is 11.8 Å². The van der Waals surface area contributed by atoms with Crippen LogP contribution in [-0.4, -0.2) is 48.8 Å². The third-order valence-corrected chi connectivity index (χ3v) is 5.90. The molecule has 5 heteroatoms. The average Bonchev–Trinajstić information content (AvgIpc) is 2.76. The van der Waals surface area contributed by atoms with Crippen LogP contribution < -0.4 is 5.32 Å². The number of likely N-dealkylation sites (tertiary alicyclic amines) is 1. The zero-order valence-electron chi connectivity index (χ0n) is 18.3. The Morgan fingerprint density at radius 2 is 1.73 bits per heavy atom. The van der Waals surface area contributed by atoms with E-state index in [0.29, 0.717) is 19.5 Å². The Balaban J connectivity index is 1.77. The van der Waals surface area contributed by atoms with Crippen molar-refractivity contribution in [2.75, 3.05) is 27.2 Å². The molecule has 1 aliphatic heterocycles. The molecule has 160 valence electrons. The summed E-state index contributed by atoms with van der Waals surface area (Å²) in [5.41, 5.74) is 3.33. The second-order valence-electron chi connectivity index (χ2n) is 8.18. The highest BCUT2D eigenvalue weighted by Crippen LogP contribution is 2.26. The van der Waals surface area contributed by atoms with Crippen molar-refractivity contribution in [1.82, 2.24) is 15.1 Å². The Kier molecular flexibility index (Phi) is 7.63. The summed E-state index contributed by atoms with van der Waals surface area (Å²) in [5.74, 6) is -0.0574. The second kappa shape index (κ2) is 10.4. The summed E-state index contributed by atoms with van der Waals surface area (Å²) in [6.07, 6.45) is 3.36. The molecular weight excluding hydrogens is 374 g/mol. The molecule has 0 bridgehead atoms. The zero-order chi connectivity index (χ0) is 21.5. The molecule has 1 saturated heterocycles. The van der Waals surface area contributed by atoms with E-state index in [9.17, 15) is 9.59 Å². The van der Waals surface area contributed by atoms with Crippen LogP contribution in [-0.2, 0) is 16.0 Å². The molecule has 0 saturated carbocycles. The van der Waals surface area contributed by atoms with Crippen LogP contribution >= 0.6 is 0 Å². The third kappa shape index (κ3) is 5.28. The number of likely N-dealkylation sites (N-methyl/N-ethyl adjacent to an activating group) is 1. The van der Waals surface area contributed by atoms with Crippen molar-refractivity contribution in [2.24, 2.45) is 0 Å². The van der Waals surface area contributed by atoms with E-state index >= 15 is 0 Å². The molecule has 30 heavy (non-hydrogen) atoms. The summed E-state index contributed by atoms with van der Waals surface area (Å²) in [6.45, 7) is 3.26. The van der Waals surface area contributed by atoms with E-state index in [4.69, 9.17) is 0 Å². The summed E-state index contributed by atoms with van der Waals surface area (Å²) < 4.78 is 0. The van der Waals surface area contributed by atoms with Crippen LogP contribution in [0.3, 0.4) is 0 Å². The minimum absolute atomic E-state index is 0.0598. The molecule has 2 amide bonds. The molecule has 0 aromatic heterocycles. The lowest BCUT2D eigenvalue weighted by molar-refractivity contribution is -0.142. The van der Waals surface area contributed by atoms with Gasteiger partial charge < -0.3 is 15.1 Å². The van der Waals surface area contributed by atoms with Gasteiger partial charge in [0.05, 0.1) is 6.04 Å². The summed E-state index contributed by atoms with van der Waals surface area (Å²) in [6, 6.07) is 17.7. The SMILES string of the molecule is CCc1ccc(C(CNC(=O)C(c2ccccc2)N2CCCCC2=O)N(C)C)cc1. The summed E-state index contributed by atoms with van der Waals surface area (Å²) in [5, 5.41) is 3.13. The Bertz CT molecular complexity index is 833. The van der Waals surface area contributed by atoms with Crippen LogP contribution in [0.25, 0.3) is 0 Å². The highest BCUT2D eigenvalue weighted by Gasteiger charge is 2.33. The van der Waals surface area contributed by atoms with E-state index in [1.807, 2.05) is 44.4 Å². The number of aryl methyl sites for hydroxylation is 1. The van der Waals surface area contributed by atoms with Gasteiger partial charge in [-0.25, -0.2) is 0 Å². The Hall–Kier alpha value is -2.66. The van der Waals surface area contributed by atoms with E-state index in [1.165, 1.54) is 11.1 Å². The molecule has 2 aromatic rings. The quantitative estimate of drug-likeness (QED) is 0.726. The number of hydrogen-bond donors (Lipinski definition) is 1. The molecule has 1 fully saturated rings. The molecule has 1 N–H and O–H groups in total. The smallest absolute Gasteiger partial charge is 0.247 e. The molecule has 1 heterocycles. The van der Waals surface area contributed by atoms with Crippen LogP contribution in [0.4, 0.5) is 0 Å². The standard InChI is InChI=1S/C25H33N3O2/c1-4-19-13-15-20(16-14-19)22(27(2)3)18-26-25(30)24(21-10-6-5-7-11-21)28-17-9-8-12-23(28)29/h5-7,10-11,13-16,22,24H,4,8-9,12,17-18H2,1-3H3,(H,26,30). The molecule has 2 atom stereocenters. The van der Waals surface area contributed by atoms with E-state index in [1.54, 1.807) is 4.90 Å². The monoisotopic (exact) mass is 407 g/mol. The number of piperidine rings is 1. The number of benzene rings is 2. The zero-order valence-corrected chi connectivity index (χ0v) is 18.3. The largest absolute Gasteiger partial charge is 0.352 e. The number of rotatable bonds is 8. The number of amides is 2. The molecule has 0 spiro atoms. The van der Waals surface area contributed by atoms with Crippen molar-refractivity contribution in [3.05, 3.63) is 71.3 Å². The van der Waals surface area contributed by atoms with Gasteiger partial charge in [-0.05, 0) is 50.0 Å². The van der Waals surface area contributed by atoms with Gasteiger partial charge in [0.1, 0.15) is 6.04 Å². The normalized spacial score (nSPS) is 16.4. The van der Waals surface area contributed by atoms with Gasteiger partial charge in [-0.15, -0.1) is 0 Å². The van der Waals surface area contributed by atoms with Gasteiger partial charge in [0.25, 0.3) is 0 Å². The minimum Gasteiger partial charge on any atom is -0.352 e. The van der Waals surface area contributed by atoms with Gasteiger partial charge in [0, 0.05) is 19.5 Å². The maximum Gasteiger partial charge on any atom is 0.247 e. The van der Waals surface area contributed by atoms with E-state index in [-0.39, 0.29) is 17.9 Å². The molecule has 2 aromatic carbocycles. The van der Waals surface area contributed by atoms with Gasteiger partial charge in [-0.2, -0.15) is 0 Å². The van der Waals surface area contributed by atoms with Crippen LogP contribution in [0.1, 0.15) is 55.0 Å². The molecule has 3 rings (SSSR count). The Labute approximate surface area is 180 Å². The topological polar surface area (TPSA) is 52.7 Å². The molecule has 1 aliphatic rings. The summed E-state index contributed by atoms with van der Waals surface area (Å²) in [4.78, 5) is 29.8. The number of carbonyl (C=O) groups is 2. The highest BCUT2D eigenvalue weighted by atomic mass is 16.2. The average molecular weight is 408 g/mol. The minimum atomic E-state index is -0.579. The first kappa shape index (κ1) is 22.0. The predicted molar refractivity (Wildman–Crippen MR) is 120 cm³/mol. The second-order valence-corrected chi connectivity index (χ2v) is 8.18. The van der Waals surface area contributed by atoms with Crippen LogP contribution in [0, 0.1) is 0 Å². The lowest BCUT2D eigenvalue weighted by Crippen LogP contribution is -2.47. The Morgan fingerprint density at radius 3 is 2.33 bits per heavy atom. The van der Waals surface area contributed by atoms with Crippen LogP contribution in [0.5, 0.6) is 0 Å². The fourth-order valence-corrected chi connectivity index (χ4v) is 4.08. The van der Waals surface area contributed by atoms with Crippen molar-refractivity contribution in [2.45, 2.75) is 44.7 Å². The summed E-state index contributed by atoms with van der Waals surface area (Å²) >= 11 is 0. The van der Waals surface area contributed by atoms with E-state index in [2.05, 4.69) is 41.4 Å². The van der Waals surface area contributed by atoms with Crippen molar-refractivity contribution in [3.63, 3.8) is 0 Å². The first-order chi connectivity index (χ1) is 14.5. The molecule has 0 aliphatic carbocycles. The van der Waals surface area contributed by atoms with Gasteiger partial charge in [0.2, 0.25) is 11.8 Å². The van der Waals surface area contributed by atoms with Gasteiger partial charge in [0.15, 0.2) is 0 Å². The predicted octanol–water partition coefficient (Wildman–Crippen LogP) is 3.72. The van der Waals surface area contributed by atoms with Gasteiger partial charge in [-0.1, -0.05) is 61.5 Å². The van der Waals surface area contributed by atoms with Crippen molar-refractivity contribution in [1.29, 1.82) is 0 Å². The van der Waals surface area contributed by atoms with E-state index in [0.717, 1.165) is 24.8 Å².